The number of amides is 1. The second-order valence-electron chi connectivity index (χ2n) is 6.61. The van der Waals surface area contributed by atoms with Gasteiger partial charge in [0.05, 0.1) is 0 Å². The highest BCUT2D eigenvalue weighted by atomic mass is 35.5. The monoisotopic (exact) mass is 393 g/mol. The number of carbonyl (C=O) groups excluding carboxylic acids is 1. The van der Waals surface area contributed by atoms with Crippen molar-refractivity contribution in [1.82, 2.24) is 16.0 Å². The summed E-state index contributed by atoms with van der Waals surface area (Å²) in [6.07, 6.45) is 1.12. The van der Waals surface area contributed by atoms with Crippen LogP contribution in [0.2, 0.25) is 0 Å². The van der Waals surface area contributed by atoms with E-state index in [0.717, 1.165) is 32.6 Å². The van der Waals surface area contributed by atoms with Gasteiger partial charge in [-0.3, -0.25) is 4.79 Å². The SMILES string of the molecule is CCNCCCNCc1ccc(OCC(=O)NC(C)(C)C)cc1.Cl.Cl. The zero-order valence-corrected chi connectivity index (χ0v) is 17.3. The van der Waals surface area contributed by atoms with Crippen molar-refractivity contribution in [3.8, 4) is 5.75 Å². The molecule has 7 heteroatoms. The molecule has 0 unspecified atom stereocenters. The van der Waals surface area contributed by atoms with Gasteiger partial charge in [-0.2, -0.15) is 0 Å². The average Bonchev–Trinajstić information content (AvgIpc) is 2.48. The second-order valence-corrected chi connectivity index (χ2v) is 6.61. The molecule has 1 aromatic rings. The number of carbonyl (C=O) groups is 1. The van der Waals surface area contributed by atoms with Crippen LogP contribution < -0.4 is 20.7 Å². The maximum atomic E-state index is 11.7. The Morgan fingerprint density at radius 2 is 1.64 bits per heavy atom. The number of benzene rings is 1. The Hall–Kier alpha value is -1.01. The van der Waals surface area contributed by atoms with E-state index in [-0.39, 0.29) is 42.9 Å². The van der Waals surface area contributed by atoms with Crippen molar-refractivity contribution in [3.63, 3.8) is 0 Å². The summed E-state index contributed by atoms with van der Waals surface area (Å²) in [7, 11) is 0. The maximum Gasteiger partial charge on any atom is 0.258 e. The summed E-state index contributed by atoms with van der Waals surface area (Å²) in [5.74, 6) is 0.605. The third-order valence-corrected chi connectivity index (χ3v) is 3.09. The van der Waals surface area contributed by atoms with Crippen LogP contribution in [0.25, 0.3) is 0 Å². The molecule has 0 atom stereocenters. The van der Waals surface area contributed by atoms with E-state index in [0.29, 0.717) is 5.75 Å². The lowest BCUT2D eigenvalue weighted by atomic mass is 10.1. The van der Waals surface area contributed by atoms with Gasteiger partial charge in [-0.1, -0.05) is 19.1 Å². The molecular formula is C18H33Cl2N3O2. The minimum absolute atomic E-state index is 0. The summed E-state index contributed by atoms with van der Waals surface area (Å²) >= 11 is 0. The van der Waals surface area contributed by atoms with E-state index in [1.54, 1.807) is 0 Å². The zero-order valence-electron chi connectivity index (χ0n) is 15.7. The second kappa shape index (κ2) is 14.2. The molecule has 5 nitrogen and oxygen atoms in total. The van der Waals surface area contributed by atoms with E-state index in [9.17, 15) is 4.79 Å². The van der Waals surface area contributed by atoms with Gasteiger partial charge in [0.15, 0.2) is 6.61 Å². The third-order valence-electron chi connectivity index (χ3n) is 3.09. The molecule has 25 heavy (non-hydrogen) atoms. The van der Waals surface area contributed by atoms with Gasteiger partial charge in [-0.15, -0.1) is 24.8 Å². The van der Waals surface area contributed by atoms with E-state index in [1.165, 1.54) is 5.56 Å². The number of ether oxygens (including phenoxy) is 1. The van der Waals surface area contributed by atoms with Crippen molar-refractivity contribution in [2.75, 3.05) is 26.2 Å². The molecule has 0 saturated heterocycles. The molecule has 0 aliphatic rings. The number of rotatable bonds is 10. The van der Waals surface area contributed by atoms with Crippen LogP contribution in [0.3, 0.4) is 0 Å². The Labute approximate surface area is 164 Å². The molecular weight excluding hydrogens is 361 g/mol. The molecule has 0 heterocycles. The molecule has 0 aromatic heterocycles. The summed E-state index contributed by atoms with van der Waals surface area (Å²) in [6.45, 7) is 11.9. The third kappa shape index (κ3) is 13.9. The standard InChI is InChI=1S/C18H31N3O2.2ClH/c1-5-19-11-6-12-20-13-15-7-9-16(10-8-15)23-14-17(22)21-18(2,3)4;;/h7-10,19-20H,5-6,11-14H2,1-4H3,(H,21,22);2*1H. The summed E-state index contributed by atoms with van der Waals surface area (Å²) in [4.78, 5) is 11.7. The maximum absolute atomic E-state index is 11.7. The normalized spacial score (nSPS) is 10.4. The smallest absolute Gasteiger partial charge is 0.258 e. The summed E-state index contributed by atoms with van der Waals surface area (Å²) in [5, 5.41) is 9.58. The fourth-order valence-corrected chi connectivity index (χ4v) is 2.05. The van der Waals surface area contributed by atoms with Crippen molar-refractivity contribution in [3.05, 3.63) is 29.8 Å². The molecule has 0 saturated carbocycles. The lowest BCUT2D eigenvalue weighted by molar-refractivity contribution is -0.124. The van der Waals surface area contributed by atoms with Crippen LogP contribution in [0.4, 0.5) is 0 Å². The fraction of sp³-hybridized carbons (Fsp3) is 0.611. The summed E-state index contributed by atoms with van der Waals surface area (Å²) < 4.78 is 5.50. The van der Waals surface area contributed by atoms with Gasteiger partial charge in [0.25, 0.3) is 5.91 Å². The molecule has 1 rings (SSSR count). The van der Waals surface area contributed by atoms with E-state index in [1.807, 2.05) is 45.0 Å². The summed E-state index contributed by atoms with van der Waals surface area (Å²) in [5.41, 5.74) is 0.975. The van der Waals surface area contributed by atoms with Crippen LogP contribution in [0.5, 0.6) is 5.75 Å². The minimum Gasteiger partial charge on any atom is -0.484 e. The first-order valence-corrected chi connectivity index (χ1v) is 8.35. The highest BCUT2D eigenvalue weighted by Gasteiger charge is 2.13. The van der Waals surface area contributed by atoms with Gasteiger partial charge in [-0.25, -0.2) is 0 Å². The predicted octanol–water partition coefficient (Wildman–Crippen LogP) is 2.91. The van der Waals surface area contributed by atoms with Crippen molar-refractivity contribution in [2.24, 2.45) is 0 Å². The fourth-order valence-electron chi connectivity index (χ4n) is 2.05. The topological polar surface area (TPSA) is 62.4 Å². The highest BCUT2D eigenvalue weighted by molar-refractivity contribution is 5.85. The molecule has 3 N–H and O–H groups in total. The van der Waals surface area contributed by atoms with Crippen LogP contribution in [0.1, 0.15) is 39.7 Å². The number of hydrogen-bond donors (Lipinski definition) is 3. The lowest BCUT2D eigenvalue weighted by Gasteiger charge is -2.20. The Morgan fingerprint density at radius 1 is 1.04 bits per heavy atom. The van der Waals surface area contributed by atoms with Gasteiger partial charge < -0.3 is 20.7 Å². The Kier molecular flexibility index (Phi) is 14.9. The van der Waals surface area contributed by atoms with E-state index >= 15 is 0 Å². The van der Waals surface area contributed by atoms with E-state index in [4.69, 9.17) is 4.74 Å². The molecule has 0 aliphatic heterocycles. The van der Waals surface area contributed by atoms with Crippen LogP contribution in [-0.2, 0) is 11.3 Å². The quantitative estimate of drug-likeness (QED) is 0.534. The van der Waals surface area contributed by atoms with Gasteiger partial charge in [0.1, 0.15) is 5.75 Å². The number of halogens is 2. The Bertz CT molecular complexity index is 462. The molecule has 0 fully saturated rings. The highest BCUT2D eigenvalue weighted by Crippen LogP contribution is 2.12. The first-order chi connectivity index (χ1) is 10.9. The van der Waals surface area contributed by atoms with E-state index < -0.39 is 0 Å². The lowest BCUT2D eigenvalue weighted by Crippen LogP contribution is -2.43. The summed E-state index contributed by atoms with van der Waals surface area (Å²) in [6, 6.07) is 7.85. The average molecular weight is 394 g/mol. The van der Waals surface area contributed by atoms with Crippen molar-refractivity contribution in [1.29, 1.82) is 0 Å². The predicted molar refractivity (Wildman–Crippen MR) is 109 cm³/mol. The van der Waals surface area contributed by atoms with Crippen LogP contribution in [0, 0.1) is 0 Å². The number of hydrogen-bond acceptors (Lipinski definition) is 4. The van der Waals surface area contributed by atoms with Crippen molar-refractivity contribution >= 4 is 30.7 Å². The van der Waals surface area contributed by atoms with Crippen LogP contribution in [-0.4, -0.2) is 37.7 Å². The molecule has 0 bridgehead atoms. The van der Waals surface area contributed by atoms with E-state index in [2.05, 4.69) is 22.9 Å². The molecule has 1 aromatic carbocycles. The first-order valence-electron chi connectivity index (χ1n) is 8.35. The number of nitrogens with one attached hydrogen (secondary N) is 3. The van der Waals surface area contributed by atoms with Gasteiger partial charge in [-0.05, 0) is 64.5 Å². The molecule has 0 aliphatic carbocycles. The molecule has 0 radical (unpaired) electrons. The van der Waals surface area contributed by atoms with Crippen molar-refractivity contribution in [2.45, 2.75) is 46.2 Å². The van der Waals surface area contributed by atoms with Gasteiger partial charge >= 0.3 is 0 Å². The van der Waals surface area contributed by atoms with Crippen LogP contribution in [0.15, 0.2) is 24.3 Å². The zero-order chi connectivity index (χ0) is 17.1. The van der Waals surface area contributed by atoms with Gasteiger partial charge in [0.2, 0.25) is 0 Å². The van der Waals surface area contributed by atoms with Crippen molar-refractivity contribution < 1.29 is 9.53 Å². The largest absolute Gasteiger partial charge is 0.484 e. The Morgan fingerprint density at radius 3 is 2.20 bits per heavy atom. The van der Waals surface area contributed by atoms with Crippen LogP contribution >= 0.6 is 24.8 Å². The molecule has 146 valence electrons. The first kappa shape index (κ1) is 26.2. The van der Waals surface area contributed by atoms with Gasteiger partial charge in [0, 0.05) is 12.1 Å². The minimum atomic E-state index is -0.234. The molecule has 1 amide bonds. The Balaban J connectivity index is 0. The molecule has 0 spiro atoms.